The zero-order valence-electron chi connectivity index (χ0n) is 50.1. The number of amides is 3. The number of ketones is 2. The largest absolute Gasteiger partial charge is 0.465 e. The van der Waals surface area contributed by atoms with Crippen molar-refractivity contribution in [2.24, 2.45) is 5.41 Å². The van der Waals surface area contributed by atoms with E-state index < -0.39 is 35.2 Å². The highest BCUT2D eigenvalue weighted by molar-refractivity contribution is 5.85. The number of nitrogens with zero attached hydrogens (tertiary/aromatic N) is 3. The predicted octanol–water partition coefficient (Wildman–Crippen LogP) is 11.5. The van der Waals surface area contributed by atoms with Gasteiger partial charge in [-0.1, -0.05) is 113 Å². The molecule has 0 fully saturated rings. The normalized spacial score (nSPS) is 12.8. The van der Waals surface area contributed by atoms with Crippen molar-refractivity contribution in [2.75, 3.05) is 6.61 Å². The lowest BCUT2D eigenvalue weighted by Crippen LogP contribution is -2.53. The summed E-state index contributed by atoms with van der Waals surface area (Å²) < 4.78 is 18.4. The lowest BCUT2D eigenvalue weighted by molar-refractivity contribution is -0.192. The first-order valence-electron chi connectivity index (χ1n) is 29.4. The van der Waals surface area contributed by atoms with Crippen LogP contribution in [0.3, 0.4) is 0 Å². The zero-order chi connectivity index (χ0) is 59.9. The molecule has 1 aromatic heterocycles. The van der Waals surface area contributed by atoms with Crippen molar-refractivity contribution in [3.63, 3.8) is 0 Å². The molecule has 2 aromatic carbocycles. The standard InChI is InChI=1S/C62H94N6O10.CO2/c1-60(2,3)54(65-59(75)64-53(58(74)78-62(7,8)9)39-40-57(73)77-61(4,5)6)36-26-27-41-68-43-45(66-67-68)42-63-55(71)37-20-14-12-18-30-46(69)28-16-10-11-17-29-47(70)31-19-13-15-21-38-56(72)76-44-52-50-34-24-22-32-48(50)49-33-23-25-35-51(49)52;2-1-3/h22-25,32-35,43,52-54H,10-21,26-31,36-42,44H2,1-9H3,(H,63,71)(H2,64,65,75);/t53-,54-;/m0./s1. The van der Waals surface area contributed by atoms with Gasteiger partial charge < -0.3 is 30.2 Å². The number of hydrogen-bond donors (Lipinski definition) is 3. The van der Waals surface area contributed by atoms with Crippen molar-refractivity contribution in [3.05, 3.63) is 71.5 Å². The van der Waals surface area contributed by atoms with Gasteiger partial charge >= 0.3 is 30.1 Å². The van der Waals surface area contributed by atoms with Gasteiger partial charge in [0, 0.05) is 63.5 Å². The average molecular weight is 1130 g/mol. The van der Waals surface area contributed by atoms with E-state index in [9.17, 15) is 33.6 Å². The van der Waals surface area contributed by atoms with Gasteiger partial charge in [0.25, 0.3) is 0 Å². The molecule has 1 aliphatic rings. The summed E-state index contributed by atoms with van der Waals surface area (Å²) in [5.41, 5.74) is 3.79. The number of rotatable bonds is 36. The Morgan fingerprint density at radius 2 is 1.07 bits per heavy atom. The number of aryl methyl sites for hydroxylation is 1. The zero-order valence-corrected chi connectivity index (χ0v) is 50.1. The number of hydrogen-bond acceptors (Lipinski definition) is 14. The minimum absolute atomic E-state index is 0.0330. The Labute approximate surface area is 481 Å². The number of aromatic nitrogens is 3. The van der Waals surface area contributed by atoms with E-state index in [1.165, 1.54) is 22.3 Å². The molecule has 4 rings (SSSR count). The molecule has 0 unspecified atom stereocenters. The first kappa shape index (κ1) is 68.7. The molecule has 81 heavy (non-hydrogen) atoms. The van der Waals surface area contributed by atoms with E-state index >= 15 is 0 Å². The molecule has 0 bridgehead atoms. The van der Waals surface area contributed by atoms with Gasteiger partial charge in [0.15, 0.2) is 0 Å². The third kappa shape index (κ3) is 29.1. The highest BCUT2D eigenvalue weighted by atomic mass is 16.6. The summed E-state index contributed by atoms with van der Waals surface area (Å²) in [5.74, 6) is -0.654. The van der Waals surface area contributed by atoms with E-state index in [4.69, 9.17) is 23.8 Å². The highest BCUT2D eigenvalue weighted by Crippen LogP contribution is 2.44. The molecule has 3 aromatic rings. The van der Waals surface area contributed by atoms with Crippen molar-refractivity contribution in [3.8, 4) is 11.1 Å². The molecule has 18 nitrogen and oxygen atoms in total. The van der Waals surface area contributed by atoms with Crippen LogP contribution in [-0.2, 0) is 65.7 Å². The summed E-state index contributed by atoms with van der Waals surface area (Å²) in [6.45, 7) is 17.9. The van der Waals surface area contributed by atoms with Crippen LogP contribution >= 0.6 is 0 Å². The summed E-state index contributed by atoms with van der Waals surface area (Å²) in [4.78, 5) is 105. The number of urea groups is 1. The van der Waals surface area contributed by atoms with Gasteiger partial charge in [-0.05, 0) is 133 Å². The van der Waals surface area contributed by atoms with Gasteiger partial charge in [-0.25, -0.2) is 9.59 Å². The maximum Gasteiger partial charge on any atom is 0.373 e. The minimum atomic E-state index is -1.04. The van der Waals surface area contributed by atoms with Gasteiger partial charge in [-0.15, -0.1) is 5.10 Å². The van der Waals surface area contributed by atoms with Crippen LogP contribution in [0.2, 0.25) is 0 Å². The van der Waals surface area contributed by atoms with Crippen molar-refractivity contribution in [2.45, 2.75) is 252 Å². The molecule has 0 saturated carbocycles. The number of carbonyl (C=O) groups is 7. The second kappa shape index (κ2) is 36.0. The van der Waals surface area contributed by atoms with Crippen LogP contribution < -0.4 is 16.0 Å². The fourth-order valence-corrected chi connectivity index (χ4v) is 9.63. The Kier molecular flexibility index (Phi) is 30.6. The number of esters is 3. The van der Waals surface area contributed by atoms with Crippen LogP contribution in [0.5, 0.6) is 0 Å². The minimum Gasteiger partial charge on any atom is -0.465 e. The van der Waals surface area contributed by atoms with Crippen LogP contribution in [0.1, 0.15) is 233 Å². The topological polar surface area (TPSA) is 248 Å². The Hall–Kier alpha value is -6.55. The Bertz CT molecular complexity index is 2430. The lowest BCUT2D eigenvalue weighted by Gasteiger charge is -2.32. The van der Waals surface area contributed by atoms with Gasteiger partial charge in [0.1, 0.15) is 41.1 Å². The Morgan fingerprint density at radius 1 is 0.580 bits per heavy atom. The molecule has 2 atom stereocenters. The number of nitrogens with one attached hydrogen (secondary N) is 3. The molecule has 1 heterocycles. The quantitative estimate of drug-likeness (QED) is 0.0278. The molecular weight excluding hydrogens is 1030 g/mol. The maximum atomic E-state index is 13.3. The monoisotopic (exact) mass is 1130 g/mol. The van der Waals surface area contributed by atoms with Crippen molar-refractivity contribution < 1.29 is 57.4 Å². The summed E-state index contributed by atoms with van der Waals surface area (Å²) in [6, 6.07) is 14.9. The van der Waals surface area contributed by atoms with Gasteiger partial charge in [0.2, 0.25) is 5.91 Å². The van der Waals surface area contributed by atoms with Crippen LogP contribution in [0, 0.1) is 5.41 Å². The smallest absolute Gasteiger partial charge is 0.373 e. The van der Waals surface area contributed by atoms with E-state index in [-0.39, 0.29) is 60.6 Å². The third-order valence-corrected chi connectivity index (χ3v) is 13.8. The Morgan fingerprint density at radius 3 is 1.58 bits per heavy atom. The third-order valence-electron chi connectivity index (χ3n) is 13.8. The van der Waals surface area contributed by atoms with Crippen LogP contribution in [0.4, 0.5) is 4.79 Å². The molecule has 0 aliphatic heterocycles. The van der Waals surface area contributed by atoms with E-state index in [0.717, 1.165) is 89.9 Å². The lowest BCUT2D eigenvalue weighted by atomic mass is 9.84. The fourth-order valence-electron chi connectivity index (χ4n) is 9.63. The molecule has 18 heteroatoms. The second-order valence-corrected chi connectivity index (χ2v) is 24.3. The maximum absolute atomic E-state index is 13.3. The van der Waals surface area contributed by atoms with Crippen LogP contribution in [0.15, 0.2) is 54.7 Å². The number of fused-ring (bicyclic) bond motifs is 3. The Balaban J connectivity index is 0.00000561. The van der Waals surface area contributed by atoms with Gasteiger partial charge in [0.05, 0.1) is 12.7 Å². The molecule has 448 valence electrons. The number of Topliss-reactive ketones (excluding diaryl/α,β-unsaturated/α-hetero) is 2. The summed E-state index contributed by atoms with van der Waals surface area (Å²) >= 11 is 0. The highest BCUT2D eigenvalue weighted by Gasteiger charge is 2.32. The number of carbonyl (C=O) groups excluding carboxylic acids is 9. The van der Waals surface area contributed by atoms with E-state index in [1.54, 1.807) is 46.2 Å². The molecule has 1 aliphatic carbocycles. The molecule has 0 saturated heterocycles. The first-order valence-corrected chi connectivity index (χ1v) is 29.4. The average Bonchev–Trinajstić information content (AvgIpc) is 4.03. The summed E-state index contributed by atoms with van der Waals surface area (Å²) in [5, 5.41) is 17.2. The van der Waals surface area contributed by atoms with Crippen LogP contribution in [0.25, 0.3) is 11.1 Å². The molecule has 0 radical (unpaired) electrons. The second-order valence-electron chi connectivity index (χ2n) is 24.3. The van der Waals surface area contributed by atoms with Crippen molar-refractivity contribution in [1.82, 2.24) is 30.9 Å². The first-order chi connectivity index (χ1) is 38.4. The summed E-state index contributed by atoms with van der Waals surface area (Å²) in [6.07, 6.45) is 17.8. The number of unbranched alkanes of at least 4 members (excludes halogenated alkanes) is 10. The van der Waals surface area contributed by atoms with E-state index in [1.807, 2.05) is 51.2 Å². The van der Waals surface area contributed by atoms with Gasteiger partial charge in [-0.2, -0.15) is 9.59 Å². The fraction of sp³-hybridized carbons (Fsp3) is 0.651. The summed E-state index contributed by atoms with van der Waals surface area (Å²) in [7, 11) is 0. The van der Waals surface area contributed by atoms with Crippen molar-refractivity contribution >= 4 is 47.6 Å². The predicted molar refractivity (Wildman–Crippen MR) is 308 cm³/mol. The van der Waals surface area contributed by atoms with E-state index in [2.05, 4.69) is 50.5 Å². The number of ether oxygens (including phenoxy) is 3. The molecular formula is C63H94N6O12. The SMILES string of the molecule is CC(C)(C)OC(=O)CC[C@H](NC(=O)N[C@@H](CCCCn1cc(CNC(=O)CCCCCCC(=O)CCCCCCC(=O)CCCCCCC(=O)OCC2c3ccccc3-c3ccccc32)nn1)C(C)(C)C)C(=O)OC(C)(C)C.O=C=O. The van der Waals surface area contributed by atoms with Gasteiger partial charge in [-0.3, -0.25) is 28.7 Å². The van der Waals surface area contributed by atoms with Crippen LogP contribution in [-0.4, -0.2) is 92.5 Å². The number of benzene rings is 2. The molecule has 0 spiro atoms. The van der Waals surface area contributed by atoms with Crippen molar-refractivity contribution in [1.29, 1.82) is 0 Å². The molecule has 3 amide bonds. The molecule has 3 N–H and O–H groups in total. The van der Waals surface area contributed by atoms with E-state index in [0.29, 0.717) is 69.6 Å².